The van der Waals surface area contributed by atoms with Crippen molar-refractivity contribution in [3.63, 3.8) is 0 Å². The zero-order valence-corrected chi connectivity index (χ0v) is 11.3. The van der Waals surface area contributed by atoms with Gasteiger partial charge >= 0.3 is 0 Å². The van der Waals surface area contributed by atoms with Gasteiger partial charge in [0.15, 0.2) is 5.78 Å². The van der Waals surface area contributed by atoms with E-state index < -0.39 is 0 Å². The first-order valence-corrected chi connectivity index (χ1v) is 6.65. The number of benzene rings is 1. The Labute approximate surface area is 103 Å². The Balaban J connectivity index is 3.23. The molecule has 0 amide bonds. The van der Waals surface area contributed by atoms with Crippen LogP contribution in [0.5, 0.6) is 5.75 Å². The Morgan fingerprint density at radius 2 is 2.20 bits per heavy atom. The van der Waals surface area contributed by atoms with Gasteiger partial charge < -0.3 is 4.74 Å². The molecule has 0 bridgehead atoms. The van der Waals surface area contributed by atoms with E-state index in [0.717, 1.165) is 4.90 Å². The van der Waals surface area contributed by atoms with E-state index in [4.69, 9.17) is 4.74 Å². The summed E-state index contributed by atoms with van der Waals surface area (Å²) in [6.07, 6.45) is 1.96. The molecule has 0 N–H and O–H groups in total. The number of hydrogen-bond acceptors (Lipinski definition) is 3. The molecule has 0 spiro atoms. The van der Waals surface area contributed by atoms with Crippen LogP contribution in [-0.4, -0.2) is 24.0 Å². The van der Waals surface area contributed by atoms with E-state index in [0.29, 0.717) is 11.3 Å². The maximum absolute atomic E-state index is 11.9. The maximum atomic E-state index is 11.9. The van der Waals surface area contributed by atoms with E-state index in [1.165, 1.54) is 0 Å². The van der Waals surface area contributed by atoms with Gasteiger partial charge in [0.2, 0.25) is 0 Å². The Morgan fingerprint density at radius 3 is 2.67 bits per heavy atom. The second-order valence-corrected chi connectivity index (χ2v) is 5.24. The molecular formula is C11H13BrO2S. The van der Waals surface area contributed by atoms with E-state index >= 15 is 0 Å². The van der Waals surface area contributed by atoms with E-state index in [-0.39, 0.29) is 10.6 Å². The van der Waals surface area contributed by atoms with Crippen LogP contribution in [0, 0.1) is 0 Å². The van der Waals surface area contributed by atoms with Gasteiger partial charge in [-0.3, -0.25) is 4.79 Å². The van der Waals surface area contributed by atoms with Crippen LogP contribution in [0.4, 0.5) is 0 Å². The summed E-state index contributed by atoms with van der Waals surface area (Å²) in [6.45, 7) is 1.81. The Bertz CT molecular complexity index is 364. The number of methoxy groups -OCH3 is 1. The molecule has 0 radical (unpaired) electrons. The summed E-state index contributed by atoms with van der Waals surface area (Å²) < 4.78 is 5.28. The first-order valence-electron chi connectivity index (χ1n) is 4.51. The van der Waals surface area contributed by atoms with Crippen LogP contribution >= 0.6 is 27.7 Å². The van der Waals surface area contributed by atoms with Crippen molar-refractivity contribution >= 4 is 33.5 Å². The SMILES string of the molecule is COc1c(SC)cccc1C(=O)C(C)Br. The number of carbonyl (C=O) groups is 1. The van der Waals surface area contributed by atoms with E-state index in [1.54, 1.807) is 24.9 Å². The summed E-state index contributed by atoms with van der Waals surface area (Å²) in [4.78, 5) is 12.6. The van der Waals surface area contributed by atoms with Crippen molar-refractivity contribution in [1.82, 2.24) is 0 Å². The number of rotatable bonds is 4. The number of Topliss-reactive ketones (excluding diaryl/α,β-unsaturated/α-hetero) is 1. The van der Waals surface area contributed by atoms with Gasteiger partial charge in [-0.05, 0) is 25.3 Å². The summed E-state index contributed by atoms with van der Waals surface area (Å²) >= 11 is 4.85. The minimum atomic E-state index is -0.191. The summed E-state index contributed by atoms with van der Waals surface area (Å²) in [6, 6.07) is 5.61. The molecule has 1 rings (SSSR count). The first kappa shape index (κ1) is 12.6. The fourth-order valence-corrected chi connectivity index (χ4v) is 2.14. The second-order valence-electron chi connectivity index (χ2n) is 3.02. The van der Waals surface area contributed by atoms with Crippen LogP contribution in [-0.2, 0) is 0 Å². The topological polar surface area (TPSA) is 26.3 Å². The molecule has 0 aliphatic heterocycles. The van der Waals surface area contributed by atoms with Gasteiger partial charge in [0.05, 0.1) is 17.5 Å². The molecule has 0 saturated heterocycles. The fourth-order valence-electron chi connectivity index (χ4n) is 1.30. The Morgan fingerprint density at radius 1 is 1.53 bits per heavy atom. The van der Waals surface area contributed by atoms with Gasteiger partial charge in [0.1, 0.15) is 5.75 Å². The number of carbonyl (C=O) groups excluding carboxylic acids is 1. The van der Waals surface area contributed by atoms with Crippen molar-refractivity contribution in [3.05, 3.63) is 23.8 Å². The average molecular weight is 289 g/mol. The molecule has 0 fully saturated rings. The molecule has 1 aromatic rings. The Kier molecular flexibility index (Phi) is 4.67. The smallest absolute Gasteiger partial charge is 0.179 e. The second kappa shape index (κ2) is 5.56. The van der Waals surface area contributed by atoms with E-state index in [9.17, 15) is 4.79 Å². The molecular weight excluding hydrogens is 276 g/mol. The monoisotopic (exact) mass is 288 g/mol. The van der Waals surface area contributed by atoms with E-state index in [1.807, 2.05) is 25.3 Å². The fraction of sp³-hybridized carbons (Fsp3) is 0.364. The van der Waals surface area contributed by atoms with Crippen LogP contribution in [0.1, 0.15) is 17.3 Å². The average Bonchev–Trinajstić information content (AvgIpc) is 2.26. The van der Waals surface area contributed by atoms with Crippen LogP contribution in [0.25, 0.3) is 0 Å². The van der Waals surface area contributed by atoms with Crippen molar-refractivity contribution in [2.45, 2.75) is 16.6 Å². The number of halogens is 1. The van der Waals surface area contributed by atoms with Crippen LogP contribution < -0.4 is 4.74 Å². The number of hydrogen-bond donors (Lipinski definition) is 0. The Hall–Kier alpha value is -0.480. The minimum absolute atomic E-state index is 0.0442. The number of alkyl halides is 1. The third-order valence-corrected chi connectivity index (χ3v) is 3.21. The highest BCUT2D eigenvalue weighted by molar-refractivity contribution is 9.10. The van der Waals surface area contributed by atoms with Crippen LogP contribution in [0.3, 0.4) is 0 Å². The van der Waals surface area contributed by atoms with Gasteiger partial charge in [-0.1, -0.05) is 22.0 Å². The lowest BCUT2D eigenvalue weighted by atomic mass is 10.1. The molecule has 4 heteroatoms. The van der Waals surface area contributed by atoms with Gasteiger partial charge in [-0.2, -0.15) is 0 Å². The predicted molar refractivity (Wildman–Crippen MR) is 67.5 cm³/mol. The standard InChI is InChI=1S/C11H13BrO2S/c1-7(12)10(13)8-5-4-6-9(15-3)11(8)14-2/h4-7H,1-3H3. The number of para-hydroxylation sites is 1. The number of ether oxygens (including phenoxy) is 1. The van der Waals surface area contributed by atoms with Crippen LogP contribution in [0.15, 0.2) is 23.1 Å². The maximum Gasteiger partial charge on any atom is 0.179 e. The van der Waals surface area contributed by atoms with Gasteiger partial charge in [-0.15, -0.1) is 11.8 Å². The quantitative estimate of drug-likeness (QED) is 0.483. The van der Waals surface area contributed by atoms with Crippen molar-refractivity contribution in [1.29, 1.82) is 0 Å². The van der Waals surface area contributed by atoms with E-state index in [2.05, 4.69) is 15.9 Å². The third-order valence-electron chi connectivity index (χ3n) is 2.03. The molecule has 15 heavy (non-hydrogen) atoms. The summed E-state index contributed by atoms with van der Waals surface area (Å²) in [7, 11) is 1.59. The molecule has 0 heterocycles. The highest BCUT2D eigenvalue weighted by Gasteiger charge is 2.18. The molecule has 82 valence electrons. The predicted octanol–water partition coefficient (Wildman–Crippen LogP) is 3.38. The van der Waals surface area contributed by atoms with Crippen molar-refractivity contribution in [2.75, 3.05) is 13.4 Å². The molecule has 0 saturated carbocycles. The normalized spacial score (nSPS) is 12.3. The van der Waals surface area contributed by atoms with Crippen LogP contribution in [0.2, 0.25) is 0 Å². The molecule has 1 aromatic carbocycles. The van der Waals surface area contributed by atoms with Gasteiger partial charge in [0.25, 0.3) is 0 Å². The summed E-state index contributed by atoms with van der Waals surface area (Å²) in [5.41, 5.74) is 0.633. The highest BCUT2D eigenvalue weighted by atomic mass is 79.9. The molecule has 0 aromatic heterocycles. The molecule has 0 aliphatic rings. The minimum Gasteiger partial charge on any atom is -0.495 e. The summed E-state index contributed by atoms with van der Waals surface area (Å²) in [5, 5.41) is 0. The lowest BCUT2D eigenvalue weighted by molar-refractivity contribution is 0.0992. The lowest BCUT2D eigenvalue weighted by Crippen LogP contribution is -2.11. The largest absolute Gasteiger partial charge is 0.495 e. The first-order chi connectivity index (χ1) is 7.11. The van der Waals surface area contributed by atoms with Gasteiger partial charge in [0, 0.05) is 4.90 Å². The lowest BCUT2D eigenvalue weighted by Gasteiger charge is -2.12. The highest BCUT2D eigenvalue weighted by Crippen LogP contribution is 2.32. The molecule has 1 atom stereocenters. The van der Waals surface area contributed by atoms with Crippen molar-refractivity contribution in [2.24, 2.45) is 0 Å². The third kappa shape index (κ3) is 2.75. The molecule has 1 unspecified atom stereocenters. The number of thioether (sulfide) groups is 1. The zero-order valence-electron chi connectivity index (χ0n) is 8.91. The zero-order chi connectivity index (χ0) is 11.4. The van der Waals surface area contributed by atoms with Crippen molar-refractivity contribution in [3.8, 4) is 5.75 Å². The van der Waals surface area contributed by atoms with Gasteiger partial charge in [-0.25, -0.2) is 0 Å². The molecule has 0 aliphatic carbocycles. The summed E-state index contributed by atoms with van der Waals surface area (Å²) in [5.74, 6) is 0.712. The number of ketones is 1. The van der Waals surface area contributed by atoms with Crippen molar-refractivity contribution < 1.29 is 9.53 Å². The molecule has 2 nitrogen and oxygen atoms in total.